The van der Waals surface area contributed by atoms with Gasteiger partial charge in [0.2, 0.25) is 0 Å². The number of hydrogen-bond acceptors (Lipinski definition) is 5. The average molecular weight is 304 g/mol. The lowest BCUT2D eigenvalue weighted by Gasteiger charge is -2.16. The van der Waals surface area contributed by atoms with E-state index in [2.05, 4.69) is 9.72 Å². The molecule has 0 radical (unpaired) electrons. The molecule has 1 heterocycles. The molecule has 1 aromatic carbocycles. The summed E-state index contributed by atoms with van der Waals surface area (Å²) in [6, 6.07) is 9.30. The molecule has 5 nitrogen and oxygen atoms in total. The summed E-state index contributed by atoms with van der Waals surface area (Å²) in [6.45, 7) is -0.790. The summed E-state index contributed by atoms with van der Waals surface area (Å²) < 4.78 is 17.1. The van der Waals surface area contributed by atoms with Crippen LogP contribution in [0.2, 0.25) is 0 Å². The maximum atomic E-state index is 12.5. The number of aromatic nitrogens is 1. The lowest BCUT2D eigenvalue weighted by atomic mass is 10.00. The molecule has 0 bridgehead atoms. The van der Waals surface area contributed by atoms with Crippen LogP contribution in [0.4, 0.5) is 4.39 Å². The summed E-state index contributed by atoms with van der Waals surface area (Å²) >= 11 is 0. The highest BCUT2D eigenvalue weighted by Gasteiger charge is 2.16. The summed E-state index contributed by atoms with van der Waals surface area (Å²) in [6.07, 6.45) is 0.518. The van der Waals surface area contributed by atoms with Crippen LogP contribution in [0.5, 0.6) is 0 Å². The molecule has 0 spiro atoms. The monoisotopic (exact) mass is 304 g/mol. The zero-order chi connectivity index (χ0) is 16.1. The molecule has 0 aliphatic rings. The topological polar surface area (TPSA) is 85.4 Å². The Kier molecular flexibility index (Phi) is 5.19. The molecule has 0 unspecified atom stereocenters. The van der Waals surface area contributed by atoms with Gasteiger partial charge in [-0.3, -0.25) is 0 Å². The van der Waals surface area contributed by atoms with E-state index in [0.717, 1.165) is 11.1 Å². The number of rotatable bonds is 5. The van der Waals surface area contributed by atoms with E-state index in [0.29, 0.717) is 5.56 Å². The van der Waals surface area contributed by atoms with Gasteiger partial charge in [-0.15, -0.1) is 0 Å². The number of benzene rings is 1. The smallest absolute Gasteiger partial charge is 0.356 e. The molecule has 0 aliphatic carbocycles. The summed E-state index contributed by atoms with van der Waals surface area (Å²) in [5.74, 6) is -0.495. The second-order valence-corrected chi connectivity index (χ2v) is 4.81. The number of carbonyl (C=O) groups excluding carboxylic acids is 1. The third-order valence-electron chi connectivity index (χ3n) is 3.33. The number of esters is 1. The normalized spacial score (nSPS) is 13.5. The zero-order valence-corrected chi connectivity index (χ0v) is 12.1. The predicted octanol–water partition coefficient (Wildman–Crippen LogP) is 1.87. The van der Waals surface area contributed by atoms with Gasteiger partial charge in [0, 0.05) is 11.8 Å². The number of halogens is 1. The minimum atomic E-state index is -1.04. The van der Waals surface area contributed by atoms with Crippen LogP contribution in [0, 0.1) is 0 Å². The number of aliphatic hydroxyl groups is 1. The van der Waals surface area contributed by atoms with Gasteiger partial charge in [-0.2, -0.15) is 0 Å². The third-order valence-corrected chi connectivity index (χ3v) is 3.33. The van der Waals surface area contributed by atoms with E-state index in [1.165, 1.54) is 7.11 Å². The summed E-state index contributed by atoms with van der Waals surface area (Å²) in [5.41, 5.74) is 7.92. The number of alkyl halides is 1. The molecule has 22 heavy (non-hydrogen) atoms. The standard InChI is InChI=1S/C16H17FN2O3/c1-22-16(21)14-7-6-12(9-19-14)10-2-4-11(5-3-10)15(20)13(18)8-17/h2-7,9,13,15,20H,8,18H2,1H3/t13-,15-/m1/s1. The van der Waals surface area contributed by atoms with E-state index in [4.69, 9.17) is 5.73 Å². The van der Waals surface area contributed by atoms with Gasteiger partial charge in [0.05, 0.1) is 19.3 Å². The Bertz CT molecular complexity index is 629. The van der Waals surface area contributed by atoms with Crippen LogP contribution in [0.1, 0.15) is 22.2 Å². The fourth-order valence-electron chi connectivity index (χ4n) is 1.99. The van der Waals surface area contributed by atoms with Gasteiger partial charge in [0.25, 0.3) is 0 Å². The second kappa shape index (κ2) is 7.11. The third kappa shape index (κ3) is 3.47. The molecule has 0 saturated heterocycles. The van der Waals surface area contributed by atoms with Crippen molar-refractivity contribution in [1.29, 1.82) is 0 Å². The summed E-state index contributed by atoms with van der Waals surface area (Å²) in [5, 5.41) is 9.85. The zero-order valence-electron chi connectivity index (χ0n) is 12.1. The van der Waals surface area contributed by atoms with Crippen LogP contribution >= 0.6 is 0 Å². The average Bonchev–Trinajstić information content (AvgIpc) is 2.60. The summed E-state index contributed by atoms with van der Waals surface area (Å²) in [7, 11) is 1.30. The number of pyridine rings is 1. The first kappa shape index (κ1) is 16.1. The fraction of sp³-hybridized carbons (Fsp3) is 0.250. The van der Waals surface area contributed by atoms with Crippen LogP contribution in [-0.2, 0) is 4.74 Å². The summed E-state index contributed by atoms with van der Waals surface area (Å²) in [4.78, 5) is 15.3. The van der Waals surface area contributed by atoms with E-state index in [-0.39, 0.29) is 5.69 Å². The Morgan fingerprint density at radius 1 is 1.27 bits per heavy atom. The Labute approximate surface area is 127 Å². The van der Waals surface area contributed by atoms with Crippen molar-refractivity contribution >= 4 is 5.97 Å². The Morgan fingerprint density at radius 2 is 1.91 bits per heavy atom. The van der Waals surface area contributed by atoms with E-state index in [1.807, 2.05) is 0 Å². The molecule has 1 aromatic heterocycles. The van der Waals surface area contributed by atoms with Crippen molar-refractivity contribution in [2.45, 2.75) is 12.1 Å². The quantitative estimate of drug-likeness (QED) is 0.824. The predicted molar refractivity (Wildman–Crippen MR) is 79.9 cm³/mol. The SMILES string of the molecule is COC(=O)c1ccc(-c2ccc([C@@H](O)[C@H](N)CF)cc2)cn1. The number of hydrogen-bond donors (Lipinski definition) is 2. The van der Waals surface area contributed by atoms with Crippen molar-refractivity contribution in [2.75, 3.05) is 13.8 Å². The highest BCUT2D eigenvalue weighted by Crippen LogP contribution is 2.23. The molecule has 3 N–H and O–H groups in total. The van der Waals surface area contributed by atoms with Crippen molar-refractivity contribution in [3.63, 3.8) is 0 Å². The van der Waals surface area contributed by atoms with E-state index >= 15 is 0 Å². The van der Waals surface area contributed by atoms with E-state index < -0.39 is 24.8 Å². The first-order valence-corrected chi connectivity index (χ1v) is 6.71. The van der Waals surface area contributed by atoms with Crippen LogP contribution in [0.25, 0.3) is 11.1 Å². The van der Waals surface area contributed by atoms with Crippen molar-refractivity contribution < 1.29 is 19.0 Å². The van der Waals surface area contributed by atoms with Crippen molar-refractivity contribution in [3.05, 3.63) is 53.9 Å². The first-order chi connectivity index (χ1) is 10.6. The number of aliphatic hydroxyl groups excluding tert-OH is 1. The Balaban J connectivity index is 2.18. The molecule has 6 heteroatoms. The number of ether oxygens (including phenoxy) is 1. The number of nitrogens with two attached hydrogens (primary N) is 1. The number of nitrogens with zero attached hydrogens (tertiary/aromatic N) is 1. The van der Waals surface area contributed by atoms with Gasteiger partial charge in [0.15, 0.2) is 0 Å². The first-order valence-electron chi connectivity index (χ1n) is 6.71. The van der Waals surface area contributed by atoms with E-state index in [1.54, 1.807) is 42.6 Å². The van der Waals surface area contributed by atoms with E-state index in [9.17, 15) is 14.3 Å². The van der Waals surface area contributed by atoms with Gasteiger partial charge in [-0.1, -0.05) is 30.3 Å². The lowest BCUT2D eigenvalue weighted by Crippen LogP contribution is -2.30. The molecule has 2 atom stereocenters. The van der Waals surface area contributed by atoms with Crippen molar-refractivity contribution in [1.82, 2.24) is 4.98 Å². The van der Waals surface area contributed by atoms with Gasteiger partial charge < -0.3 is 15.6 Å². The van der Waals surface area contributed by atoms with Gasteiger partial charge in [0.1, 0.15) is 12.4 Å². The minimum absolute atomic E-state index is 0.229. The molecule has 0 amide bonds. The highest BCUT2D eigenvalue weighted by molar-refractivity contribution is 5.87. The molecule has 116 valence electrons. The lowest BCUT2D eigenvalue weighted by molar-refractivity contribution is 0.0594. The van der Waals surface area contributed by atoms with Crippen molar-refractivity contribution in [3.8, 4) is 11.1 Å². The maximum absolute atomic E-state index is 12.5. The largest absolute Gasteiger partial charge is 0.464 e. The fourth-order valence-corrected chi connectivity index (χ4v) is 1.99. The highest BCUT2D eigenvalue weighted by atomic mass is 19.1. The Morgan fingerprint density at radius 3 is 2.41 bits per heavy atom. The molecule has 0 fully saturated rings. The second-order valence-electron chi connectivity index (χ2n) is 4.81. The van der Waals surface area contributed by atoms with Crippen LogP contribution in [-0.4, -0.2) is 35.9 Å². The van der Waals surface area contributed by atoms with Gasteiger partial charge >= 0.3 is 5.97 Å². The number of carbonyl (C=O) groups is 1. The minimum Gasteiger partial charge on any atom is -0.464 e. The molecular formula is C16H17FN2O3. The number of methoxy groups -OCH3 is 1. The maximum Gasteiger partial charge on any atom is 0.356 e. The molecule has 2 rings (SSSR count). The molecular weight excluding hydrogens is 287 g/mol. The van der Waals surface area contributed by atoms with Crippen LogP contribution in [0.3, 0.4) is 0 Å². The van der Waals surface area contributed by atoms with Crippen LogP contribution in [0.15, 0.2) is 42.6 Å². The molecule has 0 aliphatic heterocycles. The van der Waals surface area contributed by atoms with Gasteiger partial charge in [-0.05, 0) is 17.2 Å². The van der Waals surface area contributed by atoms with Crippen molar-refractivity contribution in [2.24, 2.45) is 5.73 Å². The molecule has 0 saturated carbocycles. The molecule has 2 aromatic rings. The van der Waals surface area contributed by atoms with Crippen LogP contribution < -0.4 is 5.73 Å². The van der Waals surface area contributed by atoms with Gasteiger partial charge in [-0.25, -0.2) is 14.2 Å². The Hall–Kier alpha value is -2.31.